The van der Waals surface area contributed by atoms with E-state index in [1.54, 1.807) is 18.0 Å². The first-order chi connectivity index (χ1) is 6.44. The largest absolute Gasteiger partial charge is 0.379 e. The van der Waals surface area contributed by atoms with Gasteiger partial charge in [-0.05, 0) is 20.3 Å². The van der Waals surface area contributed by atoms with Gasteiger partial charge >= 0.3 is 0 Å². The minimum atomic E-state index is -0.185. The average molecular weight is 197 g/mol. The summed E-state index contributed by atoms with van der Waals surface area (Å²) in [6, 6.07) is -0.0151. The van der Waals surface area contributed by atoms with Crippen LogP contribution < -0.4 is 5.73 Å². The number of nitrogens with two attached hydrogens (primary N) is 1. The molecule has 0 aliphatic rings. The molecule has 0 fully saturated rings. The van der Waals surface area contributed by atoms with E-state index in [0.29, 0.717) is 0 Å². The number of aromatic nitrogens is 2. The van der Waals surface area contributed by atoms with Gasteiger partial charge in [-0.1, -0.05) is 0 Å². The van der Waals surface area contributed by atoms with Crippen molar-refractivity contribution in [1.29, 1.82) is 0 Å². The molecule has 4 nitrogen and oxygen atoms in total. The van der Waals surface area contributed by atoms with Crippen molar-refractivity contribution in [2.24, 2.45) is 12.8 Å². The monoisotopic (exact) mass is 197 g/mol. The third kappa shape index (κ3) is 2.82. The minimum Gasteiger partial charge on any atom is -0.379 e. The van der Waals surface area contributed by atoms with Crippen LogP contribution in [0.2, 0.25) is 0 Å². The highest BCUT2D eigenvalue weighted by Gasteiger charge is 2.22. The third-order valence-corrected chi connectivity index (χ3v) is 2.42. The summed E-state index contributed by atoms with van der Waals surface area (Å²) in [7, 11) is 3.59. The van der Waals surface area contributed by atoms with Crippen molar-refractivity contribution in [3.05, 3.63) is 18.0 Å². The maximum absolute atomic E-state index is 6.04. The number of hydrogen-bond acceptors (Lipinski definition) is 3. The van der Waals surface area contributed by atoms with Crippen molar-refractivity contribution in [2.45, 2.75) is 31.9 Å². The number of nitrogens with zero attached hydrogens (tertiary/aromatic N) is 2. The summed E-state index contributed by atoms with van der Waals surface area (Å²) in [6.45, 7) is 4.06. The number of ether oxygens (including phenoxy) is 1. The first-order valence-electron chi connectivity index (χ1n) is 4.74. The van der Waals surface area contributed by atoms with E-state index >= 15 is 0 Å². The fraction of sp³-hybridized carbons (Fsp3) is 0.700. The highest BCUT2D eigenvalue weighted by molar-refractivity contribution is 5.10. The van der Waals surface area contributed by atoms with Crippen LogP contribution in [0, 0.1) is 0 Å². The predicted octanol–water partition coefficient (Wildman–Crippen LogP) is 1.23. The van der Waals surface area contributed by atoms with Crippen molar-refractivity contribution in [3.63, 3.8) is 0 Å². The maximum Gasteiger partial charge on any atom is 0.0640 e. The number of rotatable bonds is 4. The molecule has 1 atom stereocenters. The van der Waals surface area contributed by atoms with E-state index < -0.39 is 0 Å². The Morgan fingerprint density at radius 3 is 2.71 bits per heavy atom. The van der Waals surface area contributed by atoms with Crippen LogP contribution in [0.15, 0.2) is 12.4 Å². The second kappa shape index (κ2) is 4.11. The Balaban J connectivity index is 2.63. The van der Waals surface area contributed by atoms with Crippen molar-refractivity contribution >= 4 is 0 Å². The van der Waals surface area contributed by atoms with E-state index in [1.807, 2.05) is 27.1 Å². The fourth-order valence-electron chi connectivity index (χ4n) is 1.36. The molecule has 0 aromatic carbocycles. The first kappa shape index (κ1) is 11.2. The molecule has 14 heavy (non-hydrogen) atoms. The van der Waals surface area contributed by atoms with Crippen LogP contribution >= 0.6 is 0 Å². The first-order valence-corrected chi connectivity index (χ1v) is 4.74. The van der Waals surface area contributed by atoms with Crippen molar-refractivity contribution < 1.29 is 4.74 Å². The van der Waals surface area contributed by atoms with Gasteiger partial charge in [0.2, 0.25) is 0 Å². The van der Waals surface area contributed by atoms with Gasteiger partial charge in [0, 0.05) is 32.0 Å². The summed E-state index contributed by atoms with van der Waals surface area (Å²) in [5, 5.41) is 4.09. The zero-order valence-corrected chi connectivity index (χ0v) is 9.32. The van der Waals surface area contributed by atoms with E-state index in [1.165, 1.54) is 0 Å². The van der Waals surface area contributed by atoms with Crippen LogP contribution in [0.1, 0.15) is 31.9 Å². The summed E-state index contributed by atoms with van der Waals surface area (Å²) in [5.41, 5.74) is 6.90. The Bertz CT molecular complexity index is 293. The normalized spacial score (nSPS) is 14.4. The van der Waals surface area contributed by atoms with E-state index in [4.69, 9.17) is 10.5 Å². The molecular weight excluding hydrogens is 178 g/mol. The number of methoxy groups -OCH3 is 1. The molecule has 1 unspecified atom stereocenters. The fourth-order valence-corrected chi connectivity index (χ4v) is 1.36. The highest BCUT2D eigenvalue weighted by Crippen LogP contribution is 2.23. The van der Waals surface area contributed by atoms with Gasteiger partial charge in [0.05, 0.1) is 11.8 Å². The maximum atomic E-state index is 6.04. The number of aryl methyl sites for hydroxylation is 1. The Labute approximate surface area is 85.0 Å². The predicted molar refractivity (Wildman–Crippen MR) is 55.8 cm³/mol. The smallest absolute Gasteiger partial charge is 0.0640 e. The van der Waals surface area contributed by atoms with Crippen LogP contribution in [-0.4, -0.2) is 22.5 Å². The van der Waals surface area contributed by atoms with Gasteiger partial charge in [0.15, 0.2) is 0 Å². The SMILES string of the molecule is COC(C)(C)CC(N)c1cnn(C)c1. The van der Waals surface area contributed by atoms with Gasteiger partial charge in [0.25, 0.3) is 0 Å². The lowest BCUT2D eigenvalue weighted by Gasteiger charge is -2.25. The third-order valence-electron chi connectivity index (χ3n) is 2.42. The summed E-state index contributed by atoms with van der Waals surface area (Å²) in [6.07, 6.45) is 4.53. The van der Waals surface area contributed by atoms with Crippen LogP contribution in [0.3, 0.4) is 0 Å². The molecule has 0 saturated carbocycles. The molecule has 4 heteroatoms. The Morgan fingerprint density at radius 1 is 1.64 bits per heavy atom. The molecular formula is C10H19N3O. The van der Waals surface area contributed by atoms with Crippen molar-refractivity contribution in [3.8, 4) is 0 Å². The molecule has 1 rings (SSSR count). The molecule has 0 aliphatic heterocycles. The van der Waals surface area contributed by atoms with Gasteiger partial charge in [-0.15, -0.1) is 0 Å². The van der Waals surface area contributed by atoms with Gasteiger partial charge in [-0.25, -0.2) is 0 Å². The summed E-state index contributed by atoms with van der Waals surface area (Å²) >= 11 is 0. The van der Waals surface area contributed by atoms with Crippen LogP contribution in [0.5, 0.6) is 0 Å². The zero-order chi connectivity index (χ0) is 10.8. The second-order valence-electron chi connectivity index (χ2n) is 4.22. The average Bonchev–Trinajstić information content (AvgIpc) is 2.51. The topological polar surface area (TPSA) is 53.1 Å². The molecule has 0 radical (unpaired) electrons. The van der Waals surface area contributed by atoms with Gasteiger partial charge < -0.3 is 10.5 Å². The van der Waals surface area contributed by atoms with Crippen molar-refractivity contribution in [1.82, 2.24) is 9.78 Å². The standard InChI is InChI=1S/C10H19N3O/c1-10(2,14-4)5-9(11)8-6-12-13(3)7-8/h6-7,9H,5,11H2,1-4H3. The lowest BCUT2D eigenvalue weighted by atomic mass is 9.96. The molecule has 2 N–H and O–H groups in total. The lowest BCUT2D eigenvalue weighted by Crippen LogP contribution is -2.28. The molecule has 1 heterocycles. The molecule has 1 aromatic heterocycles. The zero-order valence-electron chi connectivity index (χ0n) is 9.32. The van der Waals surface area contributed by atoms with Crippen LogP contribution in [-0.2, 0) is 11.8 Å². The quantitative estimate of drug-likeness (QED) is 0.790. The van der Waals surface area contributed by atoms with E-state index in [-0.39, 0.29) is 11.6 Å². The molecule has 80 valence electrons. The Hall–Kier alpha value is -0.870. The van der Waals surface area contributed by atoms with E-state index in [0.717, 1.165) is 12.0 Å². The van der Waals surface area contributed by atoms with Gasteiger partial charge in [-0.3, -0.25) is 4.68 Å². The Kier molecular flexibility index (Phi) is 3.29. The van der Waals surface area contributed by atoms with Crippen molar-refractivity contribution in [2.75, 3.05) is 7.11 Å². The van der Waals surface area contributed by atoms with E-state index in [2.05, 4.69) is 5.10 Å². The second-order valence-corrected chi connectivity index (χ2v) is 4.22. The van der Waals surface area contributed by atoms with E-state index in [9.17, 15) is 0 Å². The Morgan fingerprint density at radius 2 is 2.29 bits per heavy atom. The summed E-state index contributed by atoms with van der Waals surface area (Å²) in [5.74, 6) is 0. The molecule has 0 saturated heterocycles. The van der Waals surface area contributed by atoms with Gasteiger partial charge in [-0.2, -0.15) is 5.10 Å². The molecule has 0 bridgehead atoms. The van der Waals surface area contributed by atoms with Crippen LogP contribution in [0.4, 0.5) is 0 Å². The van der Waals surface area contributed by atoms with Gasteiger partial charge in [0.1, 0.15) is 0 Å². The molecule has 0 aliphatic carbocycles. The molecule has 0 spiro atoms. The minimum absolute atomic E-state index is 0.0151. The lowest BCUT2D eigenvalue weighted by molar-refractivity contribution is 0.00995. The summed E-state index contributed by atoms with van der Waals surface area (Å²) < 4.78 is 7.09. The number of hydrogen-bond donors (Lipinski definition) is 1. The summed E-state index contributed by atoms with van der Waals surface area (Å²) in [4.78, 5) is 0. The van der Waals surface area contributed by atoms with Crippen LogP contribution in [0.25, 0.3) is 0 Å². The molecule has 0 amide bonds. The highest BCUT2D eigenvalue weighted by atomic mass is 16.5. The molecule has 1 aromatic rings.